The lowest BCUT2D eigenvalue weighted by atomic mass is 9.98. The van der Waals surface area contributed by atoms with Gasteiger partial charge < -0.3 is 20.5 Å². The molecule has 0 radical (unpaired) electrons. The number of aliphatic hydroxyl groups is 1. The van der Waals surface area contributed by atoms with Gasteiger partial charge in [-0.2, -0.15) is 5.26 Å². The van der Waals surface area contributed by atoms with E-state index in [1.54, 1.807) is 26.0 Å². The van der Waals surface area contributed by atoms with Gasteiger partial charge in [-0.25, -0.2) is 4.39 Å². The van der Waals surface area contributed by atoms with Crippen LogP contribution in [0.5, 0.6) is 0 Å². The zero-order chi connectivity index (χ0) is 23.4. The Labute approximate surface area is 191 Å². The Hall–Kier alpha value is -2.30. The highest BCUT2D eigenvalue weighted by Gasteiger charge is 2.28. The molecule has 6 heteroatoms. The molecule has 32 heavy (non-hydrogen) atoms. The molecule has 0 spiro atoms. The molecule has 0 aliphatic carbocycles. The first kappa shape index (κ1) is 26.0. The third-order valence-electron chi connectivity index (χ3n) is 5.22. The Balaban J connectivity index is 2.17. The minimum absolute atomic E-state index is 0.0355. The first-order chi connectivity index (χ1) is 15.3. The molecule has 2 rings (SSSR count). The normalized spacial score (nSPS) is 13.5. The number of rotatable bonds is 14. The molecule has 0 aliphatic rings. The summed E-state index contributed by atoms with van der Waals surface area (Å²) in [6.07, 6.45) is 3.44. The van der Waals surface area contributed by atoms with Crippen molar-refractivity contribution in [2.24, 2.45) is 0 Å². The molecule has 0 heterocycles. The number of unbranched alkanes of at least 4 members (excludes halogenated alkanes) is 1. The molecule has 3 N–H and O–H groups in total. The van der Waals surface area contributed by atoms with Gasteiger partial charge in [0.15, 0.2) is 5.79 Å². The predicted octanol–water partition coefficient (Wildman–Crippen LogP) is 4.29. The average molecular weight is 442 g/mol. The number of ether oxygens (including phenoxy) is 1. The molecule has 174 valence electrons. The molecule has 5 nitrogen and oxygen atoms in total. The van der Waals surface area contributed by atoms with Crippen molar-refractivity contribution in [2.45, 2.75) is 70.9 Å². The molecular formula is C26H36FN3O2. The van der Waals surface area contributed by atoms with Crippen LogP contribution in [0, 0.1) is 17.1 Å². The maximum absolute atomic E-state index is 13.7. The fourth-order valence-electron chi connectivity index (χ4n) is 3.60. The van der Waals surface area contributed by atoms with Gasteiger partial charge in [-0.1, -0.05) is 49.7 Å². The van der Waals surface area contributed by atoms with E-state index in [-0.39, 0.29) is 17.7 Å². The topological polar surface area (TPSA) is 77.3 Å². The number of hydrogen-bond acceptors (Lipinski definition) is 5. The van der Waals surface area contributed by atoms with Crippen molar-refractivity contribution in [3.05, 3.63) is 71.0 Å². The molecule has 0 saturated heterocycles. The Bertz CT molecular complexity index is 846. The quantitative estimate of drug-likeness (QED) is 0.301. The van der Waals surface area contributed by atoms with Gasteiger partial charge in [0.2, 0.25) is 0 Å². The number of halogens is 1. The van der Waals surface area contributed by atoms with Gasteiger partial charge >= 0.3 is 0 Å². The lowest BCUT2D eigenvalue weighted by Crippen LogP contribution is -2.47. The van der Waals surface area contributed by atoms with Gasteiger partial charge in [0.05, 0.1) is 11.7 Å². The fraction of sp³-hybridized carbons (Fsp3) is 0.500. The first-order valence-electron chi connectivity index (χ1n) is 11.4. The average Bonchev–Trinajstić information content (AvgIpc) is 2.76. The van der Waals surface area contributed by atoms with Gasteiger partial charge in [0, 0.05) is 12.6 Å². The second kappa shape index (κ2) is 13.3. The summed E-state index contributed by atoms with van der Waals surface area (Å²) in [6, 6.07) is 16.5. The third kappa shape index (κ3) is 9.46. The van der Waals surface area contributed by atoms with Crippen LogP contribution in [-0.4, -0.2) is 36.1 Å². The van der Waals surface area contributed by atoms with Gasteiger partial charge in [-0.05, 0) is 69.5 Å². The van der Waals surface area contributed by atoms with Crippen molar-refractivity contribution < 1.29 is 14.2 Å². The smallest absolute Gasteiger partial charge is 0.160 e. The molecule has 0 aromatic heterocycles. The van der Waals surface area contributed by atoms with Crippen molar-refractivity contribution >= 4 is 0 Å². The molecular weight excluding hydrogens is 405 g/mol. The largest absolute Gasteiger partial charge is 0.366 e. The van der Waals surface area contributed by atoms with Crippen LogP contribution in [0.3, 0.4) is 0 Å². The van der Waals surface area contributed by atoms with Crippen LogP contribution in [0.4, 0.5) is 4.39 Å². The second-order valence-corrected chi connectivity index (χ2v) is 8.60. The van der Waals surface area contributed by atoms with E-state index in [4.69, 9.17) is 10.00 Å². The number of hydrogen-bond donors (Lipinski definition) is 3. The van der Waals surface area contributed by atoms with E-state index < -0.39 is 11.6 Å². The number of nitrogens with zero attached hydrogens (tertiary/aromatic N) is 1. The minimum Gasteiger partial charge on any atom is -0.366 e. The maximum atomic E-state index is 13.7. The number of nitrogens with one attached hydrogen (secondary N) is 2. The van der Waals surface area contributed by atoms with Gasteiger partial charge in [0.1, 0.15) is 11.9 Å². The molecule has 0 amide bonds. The summed E-state index contributed by atoms with van der Waals surface area (Å²) in [5.74, 6) is -1.78. The van der Waals surface area contributed by atoms with Crippen LogP contribution in [0.2, 0.25) is 0 Å². The SMILES string of the molecule is CCCCNCCC(OC(C)(C)O)C(Cc1ccccc1)NCc1ccc(F)c(C#N)c1. The van der Waals surface area contributed by atoms with E-state index in [1.165, 1.54) is 6.07 Å². The van der Waals surface area contributed by atoms with Crippen LogP contribution in [0.25, 0.3) is 0 Å². The molecule has 2 aromatic rings. The second-order valence-electron chi connectivity index (χ2n) is 8.60. The van der Waals surface area contributed by atoms with Crippen LogP contribution in [0.1, 0.15) is 56.7 Å². The summed E-state index contributed by atoms with van der Waals surface area (Å²) in [4.78, 5) is 0. The van der Waals surface area contributed by atoms with Crippen LogP contribution < -0.4 is 10.6 Å². The maximum Gasteiger partial charge on any atom is 0.160 e. The highest BCUT2D eigenvalue weighted by atomic mass is 19.1. The summed E-state index contributed by atoms with van der Waals surface area (Å²) in [7, 11) is 0. The highest BCUT2D eigenvalue weighted by Crippen LogP contribution is 2.18. The fourth-order valence-corrected chi connectivity index (χ4v) is 3.60. The molecule has 0 bridgehead atoms. The summed E-state index contributed by atoms with van der Waals surface area (Å²) in [5.41, 5.74) is 2.02. The van der Waals surface area contributed by atoms with Gasteiger partial charge in [-0.15, -0.1) is 0 Å². The molecule has 2 unspecified atom stereocenters. The zero-order valence-corrected chi connectivity index (χ0v) is 19.4. The van der Waals surface area contributed by atoms with E-state index in [0.717, 1.165) is 43.5 Å². The lowest BCUT2D eigenvalue weighted by Gasteiger charge is -2.33. The van der Waals surface area contributed by atoms with Crippen molar-refractivity contribution in [3.63, 3.8) is 0 Å². The van der Waals surface area contributed by atoms with Gasteiger partial charge in [0.25, 0.3) is 0 Å². The van der Waals surface area contributed by atoms with E-state index in [9.17, 15) is 9.50 Å². The lowest BCUT2D eigenvalue weighted by molar-refractivity contribution is -0.212. The molecule has 0 aliphatic heterocycles. The predicted molar refractivity (Wildman–Crippen MR) is 125 cm³/mol. The minimum atomic E-state index is -1.27. The van der Waals surface area contributed by atoms with Crippen molar-refractivity contribution in [3.8, 4) is 6.07 Å². The van der Waals surface area contributed by atoms with Crippen molar-refractivity contribution in [2.75, 3.05) is 13.1 Å². The number of nitriles is 1. The molecule has 0 fully saturated rings. The molecule has 2 atom stereocenters. The molecule has 2 aromatic carbocycles. The summed E-state index contributed by atoms with van der Waals surface area (Å²) in [6.45, 7) is 7.64. The van der Waals surface area contributed by atoms with Crippen molar-refractivity contribution in [1.82, 2.24) is 10.6 Å². The van der Waals surface area contributed by atoms with E-state index in [1.807, 2.05) is 24.3 Å². The monoisotopic (exact) mass is 441 g/mol. The van der Waals surface area contributed by atoms with E-state index in [2.05, 4.69) is 29.7 Å². The Morgan fingerprint density at radius 1 is 1.12 bits per heavy atom. The number of benzene rings is 2. The molecule has 0 saturated carbocycles. The Morgan fingerprint density at radius 2 is 1.88 bits per heavy atom. The summed E-state index contributed by atoms with van der Waals surface area (Å²) >= 11 is 0. The van der Waals surface area contributed by atoms with Crippen LogP contribution in [-0.2, 0) is 17.7 Å². The summed E-state index contributed by atoms with van der Waals surface area (Å²) < 4.78 is 19.8. The Morgan fingerprint density at radius 3 is 2.53 bits per heavy atom. The third-order valence-corrected chi connectivity index (χ3v) is 5.22. The van der Waals surface area contributed by atoms with Gasteiger partial charge in [-0.3, -0.25) is 0 Å². The van der Waals surface area contributed by atoms with Crippen LogP contribution >= 0.6 is 0 Å². The summed E-state index contributed by atoms with van der Waals surface area (Å²) in [5, 5.41) is 26.5. The zero-order valence-electron chi connectivity index (χ0n) is 19.4. The van der Waals surface area contributed by atoms with Crippen LogP contribution in [0.15, 0.2) is 48.5 Å². The van der Waals surface area contributed by atoms with Crippen molar-refractivity contribution in [1.29, 1.82) is 5.26 Å². The standard InChI is InChI=1S/C26H36FN3O2/c1-4-5-14-29-15-13-25(32-26(2,3)31)24(17-20-9-7-6-8-10-20)30-19-21-11-12-23(27)22(16-21)18-28/h6-12,16,24-25,29-31H,4-5,13-15,17,19H2,1-3H3. The highest BCUT2D eigenvalue weighted by molar-refractivity contribution is 5.34. The first-order valence-corrected chi connectivity index (χ1v) is 11.4. The van der Waals surface area contributed by atoms with E-state index >= 15 is 0 Å². The Kier molecular flexibility index (Phi) is 10.8. The van der Waals surface area contributed by atoms with E-state index in [0.29, 0.717) is 13.0 Å².